The molecule has 0 aromatic carbocycles. The average Bonchev–Trinajstić information content (AvgIpc) is 1.65. The van der Waals surface area contributed by atoms with Crippen molar-refractivity contribution >= 4 is 41.6 Å². The molecule has 0 N–H and O–H groups in total. The van der Waals surface area contributed by atoms with Crippen LogP contribution in [0.25, 0.3) is 0 Å². The van der Waals surface area contributed by atoms with Crippen molar-refractivity contribution in [2.45, 2.75) is 0 Å². The molecule has 0 aromatic rings. The second-order valence-corrected chi connectivity index (χ2v) is 3.62. The van der Waals surface area contributed by atoms with Crippen LogP contribution in [0.15, 0.2) is 0 Å². The van der Waals surface area contributed by atoms with E-state index in [-0.39, 0.29) is 0 Å². The molecule has 0 bridgehead atoms. The molecule has 0 radical (unpaired) electrons. The van der Waals surface area contributed by atoms with E-state index in [2.05, 4.69) is 14.9 Å². The van der Waals surface area contributed by atoms with Gasteiger partial charge in [0, 0.05) is 0 Å². The van der Waals surface area contributed by atoms with Gasteiger partial charge >= 0.3 is 60.6 Å². The number of nitrogens with zero attached hydrogens (tertiary/aromatic N) is 1. The van der Waals surface area contributed by atoms with E-state index in [0.29, 0.717) is 0 Å². The molecule has 0 aliphatic heterocycles. The molecule has 0 rings (SSSR count). The molecule has 0 amide bonds. The molecule has 42 valence electrons. The van der Waals surface area contributed by atoms with Crippen molar-refractivity contribution in [3.05, 3.63) is 0 Å². The SMILES string of the molecule is CN(C)C(=S)S[SeH]. The molecular formula is C3H7NS2Se. The number of rotatable bonds is 0. The Morgan fingerprint density at radius 1 is 1.71 bits per heavy atom. The molecule has 0 aliphatic rings. The summed E-state index contributed by atoms with van der Waals surface area (Å²) in [5, 5.41) is 0. The van der Waals surface area contributed by atoms with Crippen LogP contribution >= 0.6 is 22.4 Å². The van der Waals surface area contributed by atoms with E-state index in [1.165, 1.54) is 10.2 Å². The summed E-state index contributed by atoms with van der Waals surface area (Å²) in [6, 6.07) is 0. The fourth-order valence-electron chi connectivity index (χ4n) is 0.0816. The van der Waals surface area contributed by atoms with E-state index < -0.39 is 0 Å². The van der Waals surface area contributed by atoms with Crippen LogP contribution in [-0.2, 0) is 0 Å². The van der Waals surface area contributed by atoms with E-state index in [4.69, 9.17) is 12.2 Å². The van der Waals surface area contributed by atoms with Crippen molar-refractivity contribution < 1.29 is 0 Å². The predicted octanol–water partition coefficient (Wildman–Crippen LogP) is 0.382. The second kappa shape index (κ2) is 3.72. The van der Waals surface area contributed by atoms with Gasteiger partial charge in [-0.05, 0) is 0 Å². The van der Waals surface area contributed by atoms with Gasteiger partial charge in [-0.3, -0.25) is 0 Å². The molecule has 0 spiro atoms. The van der Waals surface area contributed by atoms with Crippen LogP contribution in [0, 0.1) is 0 Å². The van der Waals surface area contributed by atoms with Crippen LogP contribution in [-0.4, -0.2) is 38.2 Å². The van der Waals surface area contributed by atoms with Gasteiger partial charge in [0.2, 0.25) is 0 Å². The van der Waals surface area contributed by atoms with Gasteiger partial charge in [0.25, 0.3) is 0 Å². The van der Waals surface area contributed by atoms with E-state index in [9.17, 15) is 0 Å². The number of hydrogen-bond acceptors (Lipinski definition) is 2. The summed E-state index contributed by atoms with van der Waals surface area (Å²) >= 11 is 7.22. The van der Waals surface area contributed by atoms with Gasteiger partial charge < -0.3 is 0 Å². The van der Waals surface area contributed by atoms with E-state index in [1.54, 1.807) is 0 Å². The Morgan fingerprint density at radius 2 is 2.14 bits per heavy atom. The van der Waals surface area contributed by atoms with E-state index >= 15 is 0 Å². The van der Waals surface area contributed by atoms with Crippen LogP contribution in [0.5, 0.6) is 0 Å². The minimum atomic E-state index is 0.903. The molecular weight excluding hydrogens is 193 g/mol. The molecule has 0 saturated carbocycles. The zero-order valence-electron chi connectivity index (χ0n) is 4.21. The van der Waals surface area contributed by atoms with Gasteiger partial charge in [-0.2, -0.15) is 0 Å². The summed E-state index contributed by atoms with van der Waals surface area (Å²) in [6.07, 6.45) is 0. The predicted molar refractivity (Wildman–Crippen MR) is 41.0 cm³/mol. The fourth-order valence-corrected chi connectivity index (χ4v) is 1.27. The summed E-state index contributed by atoms with van der Waals surface area (Å²) in [5.41, 5.74) is 0. The topological polar surface area (TPSA) is 3.24 Å². The Morgan fingerprint density at radius 3 is 2.14 bits per heavy atom. The first-order valence-corrected chi connectivity index (χ1v) is 5.19. The number of thiocarbonyl (C=S) groups is 1. The molecule has 7 heavy (non-hydrogen) atoms. The molecule has 0 heterocycles. The maximum absolute atomic E-state index is 4.85. The Labute approximate surface area is 60.7 Å². The molecule has 0 aliphatic carbocycles. The monoisotopic (exact) mass is 201 g/mol. The fraction of sp³-hybridized carbons (Fsp3) is 0.667. The Kier molecular flexibility index (Phi) is 4.13. The average molecular weight is 200 g/mol. The quantitative estimate of drug-likeness (QED) is 0.411. The molecule has 0 saturated heterocycles. The Bertz CT molecular complexity index is 73.3. The van der Waals surface area contributed by atoms with Crippen molar-refractivity contribution in [2.75, 3.05) is 14.1 Å². The standard InChI is InChI=1S/C3H7NS2Se/c1-4(2)3(5)6-7/h7H,1-2H3. The van der Waals surface area contributed by atoms with Crippen LogP contribution in [0.3, 0.4) is 0 Å². The molecule has 0 fully saturated rings. The third-order valence-corrected chi connectivity index (χ3v) is 3.47. The first kappa shape index (κ1) is 7.76. The maximum atomic E-state index is 4.85. The summed E-state index contributed by atoms with van der Waals surface area (Å²) in [7, 11) is 5.39. The summed E-state index contributed by atoms with van der Waals surface area (Å²) in [4.78, 5) is 1.90. The van der Waals surface area contributed by atoms with Crippen molar-refractivity contribution in [3.63, 3.8) is 0 Å². The number of hydrogen-bond donors (Lipinski definition) is 0. The third-order valence-electron chi connectivity index (χ3n) is 0.443. The van der Waals surface area contributed by atoms with Gasteiger partial charge in [0.05, 0.1) is 0 Å². The van der Waals surface area contributed by atoms with Crippen LogP contribution in [0.1, 0.15) is 0 Å². The van der Waals surface area contributed by atoms with Crippen molar-refractivity contribution in [3.8, 4) is 0 Å². The van der Waals surface area contributed by atoms with E-state index in [1.807, 2.05) is 19.0 Å². The van der Waals surface area contributed by atoms with Crippen LogP contribution in [0.4, 0.5) is 0 Å². The zero-order valence-corrected chi connectivity index (χ0v) is 7.72. The Balaban J connectivity index is 3.35. The Hall–Kier alpha value is 0.759. The molecule has 1 nitrogen and oxygen atoms in total. The first-order chi connectivity index (χ1) is 3.18. The van der Waals surface area contributed by atoms with Gasteiger partial charge in [-0.1, -0.05) is 0 Å². The van der Waals surface area contributed by atoms with Gasteiger partial charge in [0.15, 0.2) is 0 Å². The molecule has 4 heteroatoms. The summed E-state index contributed by atoms with van der Waals surface area (Å²) < 4.78 is 0.903. The third kappa shape index (κ3) is 3.35. The van der Waals surface area contributed by atoms with Gasteiger partial charge in [-0.25, -0.2) is 0 Å². The van der Waals surface area contributed by atoms with E-state index in [0.717, 1.165) is 4.32 Å². The normalized spacial score (nSPS) is 8.43. The summed E-state index contributed by atoms with van der Waals surface area (Å²) in [6.45, 7) is 0. The zero-order chi connectivity index (χ0) is 5.86. The van der Waals surface area contributed by atoms with Gasteiger partial charge in [0.1, 0.15) is 0 Å². The van der Waals surface area contributed by atoms with Crippen molar-refractivity contribution in [1.82, 2.24) is 4.90 Å². The van der Waals surface area contributed by atoms with Crippen molar-refractivity contribution in [1.29, 1.82) is 0 Å². The first-order valence-electron chi connectivity index (χ1n) is 1.71. The molecule has 0 unspecified atom stereocenters. The van der Waals surface area contributed by atoms with Crippen LogP contribution in [0.2, 0.25) is 0 Å². The minimum absolute atomic E-state index is 0.903. The second-order valence-electron chi connectivity index (χ2n) is 1.25. The molecule has 0 atom stereocenters. The van der Waals surface area contributed by atoms with Crippen LogP contribution < -0.4 is 0 Å². The van der Waals surface area contributed by atoms with Gasteiger partial charge in [-0.15, -0.1) is 0 Å². The summed E-state index contributed by atoms with van der Waals surface area (Å²) in [5.74, 6) is 0. The molecule has 0 aromatic heterocycles. The van der Waals surface area contributed by atoms with Crippen molar-refractivity contribution in [2.24, 2.45) is 0 Å².